The minimum atomic E-state index is -0.325. The van der Waals surface area contributed by atoms with Crippen LogP contribution in [0.25, 0.3) is 16.8 Å². The highest BCUT2D eigenvalue weighted by molar-refractivity contribution is 6.30. The highest BCUT2D eigenvalue weighted by Gasteiger charge is 2.16. The largest absolute Gasteiger partial charge is 0.497 e. The van der Waals surface area contributed by atoms with Gasteiger partial charge >= 0.3 is 0 Å². The van der Waals surface area contributed by atoms with Crippen molar-refractivity contribution in [1.29, 1.82) is 0 Å². The Balaban J connectivity index is 1.86. The third-order valence-corrected chi connectivity index (χ3v) is 4.92. The van der Waals surface area contributed by atoms with Gasteiger partial charge in [-0.2, -0.15) is 0 Å². The number of nitrogens with zero attached hydrogens (tertiary/aromatic N) is 2. The Kier molecular flexibility index (Phi) is 5.55. The lowest BCUT2D eigenvalue weighted by molar-refractivity contribution is 0.414. The molecule has 1 heterocycles. The van der Waals surface area contributed by atoms with Crippen LogP contribution in [0.1, 0.15) is 5.69 Å². The lowest BCUT2D eigenvalue weighted by atomic mass is 10.1. The zero-order chi connectivity index (χ0) is 21.1. The zero-order valence-electron chi connectivity index (χ0n) is 16.1. The molecule has 0 spiro atoms. The van der Waals surface area contributed by atoms with Gasteiger partial charge in [0.15, 0.2) is 5.88 Å². The van der Waals surface area contributed by atoms with E-state index in [0.717, 1.165) is 16.8 Å². The van der Waals surface area contributed by atoms with E-state index in [4.69, 9.17) is 16.3 Å². The van der Waals surface area contributed by atoms with Crippen molar-refractivity contribution in [2.75, 3.05) is 7.11 Å². The number of benzene rings is 3. The van der Waals surface area contributed by atoms with E-state index < -0.39 is 0 Å². The third-order valence-electron chi connectivity index (χ3n) is 4.67. The lowest BCUT2D eigenvalue weighted by Crippen LogP contribution is -2.00. The summed E-state index contributed by atoms with van der Waals surface area (Å²) in [5.41, 5.74) is 3.59. The maximum Gasteiger partial charge on any atom is 0.196 e. The molecule has 0 aliphatic rings. The van der Waals surface area contributed by atoms with Crippen LogP contribution in [0.15, 0.2) is 83.9 Å². The van der Waals surface area contributed by atoms with E-state index in [9.17, 15) is 9.50 Å². The zero-order valence-corrected chi connectivity index (χ0v) is 16.8. The maximum atomic E-state index is 13.4. The Morgan fingerprint density at radius 2 is 1.63 bits per heavy atom. The summed E-state index contributed by atoms with van der Waals surface area (Å²) in [4.78, 5) is 4.54. The molecule has 6 heteroatoms. The number of ether oxygens (including phenoxy) is 1. The van der Waals surface area contributed by atoms with Crippen LogP contribution in [0.4, 0.5) is 10.1 Å². The number of rotatable bonds is 5. The van der Waals surface area contributed by atoms with E-state index in [-0.39, 0.29) is 11.7 Å². The summed E-state index contributed by atoms with van der Waals surface area (Å²) in [6.45, 7) is 0. The van der Waals surface area contributed by atoms with Gasteiger partial charge in [-0.1, -0.05) is 23.7 Å². The predicted molar refractivity (Wildman–Crippen MR) is 118 cm³/mol. The van der Waals surface area contributed by atoms with E-state index in [1.54, 1.807) is 60.4 Å². The van der Waals surface area contributed by atoms with Crippen LogP contribution in [0, 0.1) is 5.82 Å². The van der Waals surface area contributed by atoms with E-state index in [1.165, 1.54) is 12.1 Å². The van der Waals surface area contributed by atoms with Crippen LogP contribution in [0.5, 0.6) is 11.6 Å². The second kappa shape index (κ2) is 8.43. The van der Waals surface area contributed by atoms with Gasteiger partial charge in [0.1, 0.15) is 11.6 Å². The Hall–Kier alpha value is -3.57. The van der Waals surface area contributed by atoms with Crippen LogP contribution in [-0.2, 0) is 0 Å². The molecule has 4 rings (SSSR count). The average Bonchev–Trinajstić information content (AvgIpc) is 3.10. The number of aliphatic imine (C=N–C) groups is 1. The number of hydrogen-bond donors (Lipinski definition) is 1. The van der Waals surface area contributed by atoms with Crippen molar-refractivity contribution in [3.05, 3.63) is 95.4 Å². The number of hydrogen-bond acceptors (Lipinski definition) is 3. The first-order chi connectivity index (χ1) is 14.5. The third kappa shape index (κ3) is 4.07. The molecule has 1 N–H and O–H groups in total. The highest BCUT2D eigenvalue weighted by Crippen LogP contribution is 2.33. The molecule has 0 saturated carbocycles. The second-order valence-corrected chi connectivity index (χ2v) is 7.01. The molecule has 0 aliphatic carbocycles. The van der Waals surface area contributed by atoms with Crippen LogP contribution in [0.3, 0.4) is 0 Å². The fourth-order valence-electron chi connectivity index (χ4n) is 3.16. The fourth-order valence-corrected chi connectivity index (χ4v) is 3.29. The molecule has 150 valence electrons. The maximum absolute atomic E-state index is 13.4. The molecular weight excluding hydrogens is 403 g/mol. The molecule has 3 aromatic carbocycles. The van der Waals surface area contributed by atoms with Crippen molar-refractivity contribution in [3.63, 3.8) is 0 Å². The monoisotopic (exact) mass is 420 g/mol. The van der Waals surface area contributed by atoms with Gasteiger partial charge < -0.3 is 9.84 Å². The van der Waals surface area contributed by atoms with E-state index in [1.807, 2.05) is 24.3 Å². The molecule has 30 heavy (non-hydrogen) atoms. The summed E-state index contributed by atoms with van der Waals surface area (Å²) in [7, 11) is 1.60. The van der Waals surface area contributed by atoms with Gasteiger partial charge in [-0.05, 0) is 66.2 Å². The predicted octanol–water partition coefficient (Wildman–Crippen LogP) is 6.40. The molecular formula is C24H18ClFN2O2. The van der Waals surface area contributed by atoms with Crippen LogP contribution >= 0.6 is 11.6 Å². The minimum Gasteiger partial charge on any atom is -0.497 e. The quantitative estimate of drug-likeness (QED) is 0.379. The number of aromatic hydroxyl groups is 1. The molecule has 4 nitrogen and oxygen atoms in total. The second-order valence-electron chi connectivity index (χ2n) is 6.58. The van der Waals surface area contributed by atoms with Gasteiger partial charge in [0.2, 0.25) is 0 Å². The van der Waals surface area contributed by atoms with E-state index >= 15 is 0 Å². The summed E-state index contributed by atoms with van der Waals surface area (Å²) >= 11 is 5.95. The molecule has 0 unspecified atom stereocenters. The Morgan fingerprint density at radius 1 is 0.967 bits per heavy atom. The van der Waals surface area contributed by atoms with Crippen LogP contribution in [-0.4, -0.2) is 23.0 Å². The minimum absolute atomic E-state index is 0.0389. The molecule has 4 aromatic rings. The van der Waals surface area contributed by atoms with E-state index in [0.29, 0.717) is 22.2 Å². The fraction of sp³-hybridized carbons (Fsp3) is 0.0417. The smallest absolute Gasteiger partial charge is 0.196 e. The summed E-state index contributed by atoms with van der Waals surface area (Å²) in [6.07, 6.45) is 1.67. The number of methoxy groups -OCH3 is 1. The Bertz CT molecular complexity index is 1180. The van der Waals surface area contributed by atoms with E-state index in [2.05, 4.69) is 4.99 Å². The summed E-state index contributed by atoms with van der Waals surface area (Å²) < 4.78 is 20.3. The molecule has 0 aliphatic heterocycles. The molecule has 0 amide bonds. The summed E-state index contributed by atoms with van der Waals surface area (Å²) in [5.74, 6) is 0.423. The molecule has 0 radical (unpaired) electrons. The first-order valence-electron chi connectivity index (χ1n) is 9.20. The van der Waals surface area contributed by atoms with Gasteiger partial charge in [-0.3, -0.25) is 9.56 Å². The molecule has 0 bridgehead atoms. The standard InChI is InChI=1S/C24H18ClFN2O2/c1-30-21-12-10-20(11-13-21)28-23(15-27-19-8-4-17(25)5-9-19)22(14-24(28)29)16-2-6-18(26)7-3-16/h2-15,29H,1H3. The highest BCUT2D eigenvalue weighted by atomic mass is 35.5. The van der Waals surface area contributed by atoms with Crippen LogP contribution in [0.2, 0.25) is 5.02 Å². The lowest BCUT2D eigenvalue weighted by Gasteiger charge is -2.10. The van der Waals surface area contributed by atoms with Crippen molar-refractivity contribution in [2.24, 2.45) is 4.99 Å². The first-order valence-corrected chi connectivity index (χ1v) is 9.57. The summed E-state index contributed by atoms with van der Waals surface area (Å²) in [6, 6.07) is 22.2. The van der Waals surface area contributed by atoms with Crippen LogP contribution < -0.4 is 4.74 Å². The van der Waals surface area contributed by atoms with Crippen molar-refractivity contribution in [1.82, 2.24) is 4.57 Å². The Morgan fingerprint density at radius 3 is 2.27 bits per heavy atom. The number of aromatic nitrogens is 1. The molecule has 1 aromatic heterocycles. The summed E-state index contributed by atoms with van der Waals surface area (Å²) in [5, 5.41) is 11.3. The van der Waals surface area contributed by atoms with Crippen molar-refractivity contribution >= 4 is 23.5 Å². The van der Waals surface area contributed by atoms with Crippen molar-refractivity contribution < 1.29 is 14.2 Å². The molecule has 0 fully saturated rings. The average molecular weight is 421 g/mol. The first kappa shape index (κ1) is 19.7. The van der Waals surface area contributed by atoms with Crippen molar-refractivity contribution in [2.45, 2.75) is 0 Å². The topological polar surface area (TPSA) is 46.8 Å². The Labute approximate surface area is 178 Å². The number of halogens is 2. The van der Waals surface area contributed by atoms with Gasteiger partial charge in [-0.15, -0.1) is 0 Å². The van der Waals surface area contributed by atoms with Gasteiger partial charge in [0.25, 0.3) is 0 Å². The molecule has 0 atom stereocenters. The van der Waals surface area contributed by atoms with Crippen molar-refractivity contribution in [3.8, 4) is 28.4 Å². The van der Waals surface area contributed by atoms with Gasteiger partial charge in [-0.25, -0.2) is 4.39 Å². The normalized spacial score (nSPS) is 11.2. The molecule has 0 saturated heterocycles. The van der Waals surface area contributed by atoms with Gasteiger partial charge in [0, 0.05) is 22.3 Å². The SMILES string of the molecule is COc1ccc(-n2c(O)cc(-c3ccc(F)cc3)c2C=Nc2ccc(Cl)cc2)cc1. The van der Waals surface area contributed by atoms with Gasteiger partial charge in [0.05, 0.1) is 24.7 Å².